The molecular formula is C14H18BrN3. The van der Waals surface area contributed by atoms with Crippen molar-refractivity contribution in [2.45, 2.75) is 33.0 Å². The van der Waals surface area contributed by atoms with Crippen LogP contribution in [0.25, 0.3) is 0 Å². The van der Waals surface area contributed by atoms with Crippen LogP contribution in [0.3, 0.4) is 0 Å². The number of hydrogen-bond donors (Lipinski definition) is 1. The number of nitrogens with one attached hydrogen (secondary N) is 1. The maximum Gasteiger partial charge on any atom is 0.0537 e. The zero-order valence-electron chi connectivity index (χ0n) is 10.7. The zero-order valence-corrected chi connectivity index (χ0v) is 12.3. The molecule has 0 bridgehead atoms. The van der Waals surface area contributed by atoms with Crippen LogP contribution in [0.4, 0.5) is 0 Å². The van der Waals surface area contributed by atoms with Gasteiger partial charge in [-0.2, -0.15) is 5.10 Å². The predicted molar refractivity (Wildman–Crippen MR) is 77.3 cm³/mol. The Bertz CT molecular complexity index is 507. The minimum Gasteiger partial charge on any atom is -0.306 e. The van der Waals surface area contributed by atoms with E-state index in [0.29, 0.717) is 6.04 Å². The topological polar surface area (TPSA) is 29.9 Å². The molecule has 4 heteroatoms. The van der Waals surface area contributed by atoms with Crippen molar-refractivity contribution in [1.82, 2.24) is 15.1 Å². The molecule has 0 spiro atoms. The van der Waals surface area contributed by atoms with Crippen LogP contribution in [0, 0.1) is 0 Å². The van der Waals surface area contributed by atoms with E-state index in [9.17, 15) is 0 Å². The van der Waals surface area contributed by atoms with Gasteiger partial charge in [0.05, 0.1) is 6.20 Å². The van der Waals surface area contributed by atoms with Gasteiger partial charge in [-0.25, -0.2) is 0 Å². The molecule has 3 nitrogen and oxygen atoms in total. The SMILES string of the molecule is CCn1cc(C(C)NCc2ccccc2Br)cn1. The first-order valence-corrected chi connectivity index (χ1v) is 6.99. The fourth-order valence-electron chi connectivity index (χ4n) is 1.80. The summed E-state index contributed by atoms with van der Waals surface area (Å²) < 4.78 is 3.10. The number of rotatable bonds is 5. The molecule has 1 aromatic heterocycles. The van der Waals surface area contributed by atoms with Gasteiger partial charge in [-0.3, -0.25) is 4.68 Å². The van der Waals surface area contributed by atoms with E-state index in [1.807, 2.05) is 16.9 Å². The molecule has 1 N–H and O–H groups in total. The van der Waals surface area contributed by atoms with Crippen LogP contribution < -0.4 is 5.32 Å². The summed E-state index contributed by atoms with van der Waals surface area (Å²) in [6.07, 6.45) is 4.03. The molecule has 0 fully saturated rings. The molecule has 2 rings (SSSR count). The summed E-state index contributed by atoms with van der Waals surface area (Å²) in [4.78, 5) is 0. The maximum atomic E-state index is 4.30. The van der Waals surface area contributed by atoms with Crippen molar-refractivity contribution in [3.8, 4) is 0 Å². The fraction of sp³-hybridized carbons (Fsp3) is 0.357. The standard InChI is InChI=1S/C14H18BrN3/c1-3-18-10-13(9-17-18)11(2)16-8-12-6-4-5-7-14(12)15/h4-7,9-11,16H,3,8H2,1-2H3. The Morgan fingerprint density at radius 3 is 2.83 bits per heavy atom. The van der Waals surface area contributed by atoms with E-state index in [2.05, 4.69) is 64.6 Å². The molecule has 0 aliphatic carbocycles. The van der Waals surface area contributed by atoms with Crippen molar-refractivity contribution in [3.05, 3.63) is 52.3 Å². The van der Waals surface area contributed by atoms with Crippen LogP contribution in [0.1, 0.15) is 31.0 Å². The Hall–Kier alpha value is -1.13. The van der Waals surface area contributed by atoms with Crippen molar-refractivity contribution in [1.29, 1.82) is 0 Å². The summed E-state index contributed by atoms with van der Waals surface area (Å²) in [5, 5.41) is 7.81. The molecule has 18 heavy (non-hydrogen) atoms. The van der Waals surface area contributed by atoms with Gasteiger partial charge in [0.2, 0.25) is 0 Å². The van der Waals surface area contributed by atoms with Crippen molar-refractivity contribution < 1.29 is 0 Å². The minimum absolute atomic E-state index is 0.303. The van der Waals surface area contributed by atoms with E-state index < -0.39 is 0 Å². The van der Waals surface area contributed by atoms with Crippen LogP contribution >= 0.6 is 15.9 Å². The van der Waals surface area contributed by atoms with Crippen LogP contribution in [0.5, 0.6) is 0 Å². The summed E-state index contributed by atoms with van der Waals surface area (Å²) in [5.41, 5.74) is 2.50. The molecule has 0 saturated heterocycles. The van der Waals surface area contributed by atoms with Crippen molar-refractivity contribution in [2.24, 2.45) is 0 Å². The molecule has 1 aromatic carbocycles. The first-order chi connectivity index (χ1) is 8.70. The van der Waals surface area contributed by atoms with E-state index in [4.69, 9.17) is 0 Å². The van der Waals surface area contributed by atoms with Crippen molar-refractivity contribution >= 4 is 15.9 Å². The Morgan fingerprint density at radius 1 is 1.39 bits per heavy atom. The average molecular weight is 308 g/mol. The third-order valence-corrected chi connectivity index (χ3v) is 3.81. The molecule has 1 atom stereocenters. The number of halogens is 1. The monoisotopic (exact) mass is 307 g/mol. The minimum atomic E-state index is 0.303. The van der Waals surface area contributed by atoms with Gasteiger partial charge in [0.1, 0.15) is 0 Å². The lowest BCUT2D eigenvalue weighted by Crippen LogP contribution is -2.17. The van der Waals surface area contributed by atoms with Gasteiger partial charge < -0.3 is 5.32 Å². The molecule has 2 aromatic rings. The highest BCUT2D eigenvalue weighted by atomic mass is 79.9. The molecule has 0 radical (unpaired) electrons. The smallest absolute Gasteiger partial charge is 0.0537 e. The summed E-state index contributed by atoms with van der Waals surface area (Å²) >= 11 is 3.56. The first-order valence-electron chi connectivity index (χ1n) is 6.20. The van der Waals surface area contributed by atoms with Gasteiger partial charge in [-0.1, -0.05) is 34.1 Å². The Labute approximate surface area is 116 Å². The summed E-state index contributed by atoms with van der Waals surface area (Å²) in [6.45, 7) is 6.01. The van der Waals surface area contributed by atoms with Crippen LogP contribution in [0.15, 0.2) is 41.1 Å². The number of benzene rings is 1. The van der Waals surface area contributed by atoms with Gasteiger partial charge in [0.25, 0.3) is 0 Å². The third-order valence-electron chi connectivity index (χ3n) is 3.03. The highest BCUT2D eigenvalue weighted by Gasteiger charge is 2.08. The molecule has 0 amide bonds. The molecule has 0 aliphatic rings. The molecule has 0 aliphatic heterocycles. The second-order valence-corrected chi connectivity index (χ2v) is 5.18. The Kier molecular flexibility index (Phi) is 4.55. The largest absolute Gasteiger partial charge is 0.306 e. The number of nitrogens with zero attached hydrogens (tertiary/aromatic N) is 2. The normalized spacial score (nSPS) is 12.6. The van der Waals surface area contributed by atoms with E-state index in [1.165, 1.54) is 11.1 Å². The van der Waals surface area contributed by atoms with Crippen LogP contribution in [-0.2, 0) is 13.1 Å². The number of aromatic nitrogens is 2. The Morgan fingerprint density at radius 2 is 2.17 bits per heavy atom. The number of aryl methyl sites for hydroxylation is 1. The second kappa shape index (κ2) is 6.16. The number of hydrogen-bond acceptors (Lipinski definition) is 2. The summed E-state index contributed by atoms with van der Waals surface area (Å²) in [7, 11) is 0. The second-order valence-electron chi connectivity index (χ2n) is 4.32. The lowest BCUT2D eigenvalue weighted by molar-refractivity contribution is 0.572. The van der Waals surface area contributed by atoms with Crippen molar-refractivity contribution in [3.63, 3.8) is 0 Å². The first kappa shape index (κ1) is 13.3. The third kappa shape index (κ3) is 3.21. The van der Waals surface area contributed by atoms with Gasteiger partial charge in [0, 0.05) is 35.4 Å². The lowest BCUT2D eigenvalue weighted by atomic mass is 10.1. The van der Waals surface area contributed by atoms with Gasteiger partial charge in [-0.05, 0) is 25.5 Å². The van der Waals surface area contributed by atoms with Crippen LogP contribution in [-0.4, -0.2) is 9.78 Å². The molecule has 96 valence electrons. The average Bonchev–Trinajstić information content (AvgIpc) is 2.86. The maximum absolute atomic E-state index is 4.30. The van der Waals surface area contributed by atoms with E-state index >= 15 is 0 Å². The summed E-state index contributed by atoms with van der Waals surface area (Å²) in [5.74, 6) is 0. The van der Waals surface area contributed by atoms with E-state index in [-0.39, 0.29) is 0 Å². The molecule has 1 unspecified atom stereocenters. The van der Waals surface area contributed by atoms with E-state index in [1.54, 1.807) is 0 Å². The van der Waals surface area contributed by atoms with Gasteiger partial charge >= 0.3 is 0 Å². The van der Waals surface area contributed by atoms with Crippen LogP contribution in [0.2, 0.25) is 0 Å². The lowest BCUT2D eigenvalue weighted by Gasteiger charge is -2.12. The van der Waals surface area contributed by atoms with Gasteiger partial charge in [-0.15, -0.1) is 0 Å². The van der Waals surface area contributed by atoms with Crippen molar-refractivity contribution in [2.75, 3.05) is 0 Å². The fourth-order valence-corrected chi connectivity index (χ4v) is 2.22. The van der Waals surface area contributed by atoms with E-state index in [0.717, 1.165) is 17.6 Å². The van der Waals surface area contributed by atoms with Gasteiger partial charge in [0.15, 0.2) is 0 Å². The summed E-state index contributed by atoms with van der Waals surface area (Å²) in [6, 6.07) is 8.58. The Balaban J connectivity index is 1.96. The predicted octanol–water partition coefficient (Wildman–Crippen LogP) is 3.52. The molecular weight excluding hydrogens is 290 g/mol. The highest BCUT2D eigenvalue weighted by molar-refractivity contribution is 9.10. The quantitative estimate of drug-likeness (QED) is 0.916. The highest BCUT2D eigenvalue weighted by Crippen LogP contribution is 2.17. The zero-order chi connectivity index (χ0) is 13.0. The molecule has 0 saturated carbocycles. The molecule has 1 heterocycles.